The molecule has 1 fully saturated rings. The fourth-order valence-corrected chi connectivity index (χ4v) is 3.01. The van der Waals surface area contributed by atoms with Gasteiger partial charge in [0.2, 0.25) is 0 Å². The highest BCUT2D eigenvalue weighted by Gasteiger charge is 2.44. The van der Waals surface area contributed by atoms with Crippen LogP contribution in [0.3, 0.4) is 0 Å². The van der Waals surface area contributed by atoms with Crippen LogP contribution < -0.4 is 5.73 Å². The second kappa shape index (κ2) is 5.68. The fraction of sp³-hybridized carbons (Fsp3) is 1.00. The van der Waals surface area contributed by atoms with Crippen molar-refractivity contribution in [1.29, 1.82) is 0 Å². The summed E-state index contributed by atoms with van der Waals surface area (Å²) in [7, 11) is 1.70. The quantitative estimate of drug-likeness (QED) is 0.752. The van der Waals surface area contributed by atoms with Gasteiger partial charge in [-0.15, -0.1) is 0 Å². The van der Waals surface area contributed by atoms with E-state index in [4.69, 9.17) is 10.5 Å². The summed E-state index contributed by atoms with van der Waals surface area (Å²) < 4.78 is 5.41. The highest BCUT2D eigenvalue weighted by atomic mass is 16.5. The molecule has 3 unspecified atom stereocenters. The highest BCUT2D eigenvalue weighted by Crippen LogP contribution is 2.46. The van der Waals surface area contributed by atoms with E-state index in [2.05, 4.69) is 6.92 Å². The first kappa shape index (κ1) is 14.9. The number of aliphatic hydroxyl groups excluding tert-OH is 1. The molecule has 0 bridgehead atoms. The van der Waals surface area contributed by atoms with Crippen molar-refractivity contribution in [2.24, 2.45) is 17.1 Å². The number of ether oxygens (including phenoxy) is 1. The molecule has 0 aromatic heterocycles. The summed E-state index contributed by atoms with van der Waals surface area (Å²) >= 11 is 0. The number of hydrogen-bond donors (Lipinski definition) is 2. The molecule has 17 heavy (non-hydrogen) atoms. The molecule has 0 spiro atoms. The van der Waals surface area contributed by atoms with Crippen LogP contribution in [0.2, 0.25) is 0 Å². The molecule has 1 aliphatic rings. The first-order chi connectivity index (χ1) is 7.89. The Balaban J connectivity index is 2.68. The summed E-state index contributed by atoms with van der Waals surface area (Å²) in [5.41, 5.74) is 5.60. The molecular formula is C14H29NO2. The van der Waals surface area contributed by atoms with Crippen LogP contribution in [0.15, 0.2) is 0 Å². The monoisotopic (exact) mass is 243 g/mol. The van der Waals surface area contributed by atoms with E-state index < -0.39 is 0 Å². The zero-order valence-electron chi connectivity index (χ0n) is 11.8. The maximum absolute atomic E-state index is 10.5. The maximum atomic E-state index is 10.5. The summed E-state index contributed by atoms with van der Waals surface area (Å²) in [6.07, 6.45) is 4.85. The predicted molar refractivity (Wildman–Crippen MR) is 70.8 cm³/mol. The maximum Gasteiger partial charge on any atom is 0.0647 e. The molecule has 1 aliphatic carbocycles. The summed E-state index contributed by atoms with van der Waals surface area (Å²) in [4.78, 5) is 0. The first-order valence-electron chi connectivity index (χ1n) is 6.82. The third-order valence-corrected chi connectivity index (χ3v) is 4.67. The van der Waals surface area contributed by atoms with Gasteiger partial charge in [-0.1, -0.05) is 13.3 Å². The third kappa shape index (κ3) is 3.43. The second-order valence-corrected chi connectivity index (χ2v) is 6.27. The molecular weight excluding hydrogens is 214 g/mol. The van der Waals surface area contributed by atoms with E-state index in [-0.39, 0.29) is 17.1 Å². The Morgan fingerprint density at radius 1 is 1.53 bits per heavy atom. The molecule has 0 aromatic carbocycles. The van der Waals surface area contributed by atoms with Crippen LogP contribution in [-0.4, -0.2) is 30.5 Å². The van der Waals surface area contributed by atoms with Gasteiger partial charge in [0.25, 0.3) is 0 Å². The Bertz CT molecular complexity index is 242. The molecule has 0 amide bonds. The SMILES string of the molecule is CCC1CCC(CN)(C(O)CC(C)(C)OC)C1. The van der Waals surface area contributed by atoms with Crippen molar-refractivity contribution in [2.75, 3.05) is 13.7 Å². The normalized spacial score (nSPS) is 31.8. The van der Waals surface area contributed by atoms with Gasteiger partial charge in [0.1, 0.15) is 0 Å². The van der Waals surface area contributed by atoms with Crippen LogP contribution in [0.1, 0.15) is 52.9 Å². The van der Waals surface area contributed by atoms with E-state index >= 15 is 0 Å². The van der Waals surface area contributed by atoms with E-state index in [0.29, 0.717) is 13.0 Å². The number of hydrogen-bond acceptors (Lipinski definition) is 3. The van der Waals surface area contributed by atoms with Gasteiger partial charge < -0.3 is 15.6 Å². The van der Waals surface area contributed by atoms with Gasteiger partial charge in [-0.3, -0.25) is 0 Å². The van der Waals surface area contributed by atoms with E-state index in [0.717, 1.165) is 18.8 Å². The van der Waals surface area contributed by atoms with E-state index in [1.807, 2.05) is 13.8 Å². The molecule has 3 nitrogen and oxygen atoms in total. The zero-order chi connectivity index (χ0) is 13.1. The Morgan fingerprint density at radius 2 is 2.18 bits per heavy atom. The minimum absolute atomic E-state index is 0.0729. The highest BCUT2D eigenvalue weighted by molar-refractivity contribution is 4.96. The van der Waals surface area contributed by atoms with Crippen molar-refractivity contribution < 1.29 is 9.84 Å². The Kier molecular flexibility index (Phi) is 4.99. The second-order valence-electron chi connectivity index (χ2n) is 6.27. The molecule has 0 radical (unpaired) electrons. The minimum atomic E-state index is -0.348. The van der Waals surface area contributed by atoms with Gasteiger partial charge in [-0.05, 0) is 39.0 Å². The molecule has 3 heteroatoms. The topological polar surface area (TPSA) is 55.5 Å². The van der Waals surface area contributed by atoms with Crippen molar-refractivity contribution in [2.45, 2.75) is 64.6 Å². The van der Waals surface area contributed by atoms with Gasteiger partial charge >= 0.3 is 0 Å². The lowest BCUT2D eigenvalue weighted by Crippen LogP contribution is -2.44. The zero-order valence-corrected chi connectivity index (χ0v) is 11.8. The number of methoxy groups -OCH3 is 1. The minimum Gasteiger partial charge on any atom is -0.392 e. The van der Waals surface area contributed by atoms with Crippen molar-refractivity contribution in [3.63, 3.8) is 0 Å². The number of aliphatic hydroxyl groups is 1. The average Bonchev–Trinajstić information content (AvgIpc) is 2.73. The lowest BCUT2D eigenvalue weighted by molar-refractivity contribution is -0.0592. The molecule has 3 N–H and O–H groups in total. The van der Waals surface area contributed by atoms with Gasteiger partial charge in [0, 0.05) is 25.5 Å². The van der Waals surface area contributed by atoms with Crippen LogP contribution in [0.25, 0.3) is 0 Å². The standard InChI is InChI=1S/C14H29NO2/c1-5-11-6-7-14(8-11,10-15)12(16)9-13(2,3)17-4/h11-12,16H,5-10,15H2,1-4H3. The lowest BCUT2D eigenvalue weighted by Gasteiger charge is -2.37. The van der Waals surface area contributed by atoms with Crippen molar-refractivity contribution in [3.05, 3.63) is 0 Å². The van der Waals surface area contributed by atoms with Crippen molar-refractivity contribution in [3.8, 4) is 0 Å². The van der Waals surface area contributed by atoms with Crippen LogP contribution in [-0.2, 0) is 4.74 Å². The fourth-order valence-electron chi connectivity index (χ4n) is 3.01. The molecule has 102 valence electrons. The molecule has 0 saturated heterocycles. The summed E-state index contributed by atoms with van der Waals surface area (Å²) in [6.45, 7) is 6.85. The molecule has 1 rings (SSSR count). The molecule has 0 heterocycles. The van der Waals surface area contributed by atoms with Gasteiger partial charge in [-0.2, -0.15) is 0 Å². The van der Waals surface area contributed by atoms with Crippen LogP contribution in [0, 0.1) is 11.3 Å². The van der Waals surface area contributed by atoms with Crippen LogP contribution in [0.5, 0.6) is 0 Å². The largest absolute Gasteiger partial charge is 0.392 e. The Morgan fingerprint density at radius 3 is 2.59 bits per heavy atom. The summed E-state index contributed by atoms with van der Waals surface area (Å²) in [5.74, 6) is 0.735. The number of rotatable bonds is 6. The van der Waals surface area contributed by atoms with Gasteiger partial charge in [-0.25, -0.2) is 0 Å². The smallest absolute Gasteiger partial charge is 0.0647 e. The van der Waals surface area contributed by atoms with E-state index in [9.17, 15) is 5.11 Å². The first-order valence-corrected chi connectivity index (χ1v) is 6.82. The van der Waals surface area contributed by atoms with Crippen LogP contribution in [0.4, 0.5) is 0 Å². The summed E-state index contributed by atoms with van der Waals surface area (Å²) in [5, 5.41) is 10.5. The van der Waals surface area contributed by atoms with Crippen molar-refractivity contribution >= 4 is 0 Å². The Hall–Kier alpha value is -0.120. The molecule has 3 atom stereocenters. The average molecular weight is 243 g/mol. The Labute approximate surface area is 106 Å². The number of nitrogens with two attached hydrogens (primary N) is 1. The predicted octanol–water partition coefficient (Wildman–Crippen LogP) is 2.32. The molecule has 0 aliphatic heterocycles. The van der Waals surface area contributed by atoms with Crippen LogP contribution >= 0.6 is 0 Å². The lowest BCUT2D eigenvalue weighted by atomic mass is 9.75. The van der Waals surface area contributed by atoms with Gasteiger partial charge in [0.15, 0.2) is 0 Å². The summed E-state index contributed by atoms with van der Waals surface area (Å²) in [6, 6.07) is 0. The third-order valence-electron chi connectivity index (χ3n) is 4.67. The van der Waals surface area contributed by atoms with E-state index in [1.165, 1.54) is 12.8 Å². The molecule has 0 aromatic rings. The molecule has 1 saturated carbocycles. The van der Waals surface area contributed by atoms with Crippen molar-refractivity contribution in [1.82, 2.24) is 0 Å². The van der Waals surface area contributed by atoms with E-state index in [1.54, 1.807) is 7.11 Å². The van der Waals surface area contributed by atoms with Gasteiger partial charge in [0.05, 0.1) is 11.7 Å².